The molecule has 2 aromatic rings. The number of nitrogens with zero attached hydrogens (tertiary/aromatic N) is 1. The molecule has 1 atom stereocenters. The number of hydrogen-bond acceptors (Lipinski definition) is 6. The van der Waals surface area contributed by atoms with Crippen molar-refractivity contribution in [3.05, 3.63) is 59.7 Å². The van der Waals surface area contributed by atoms with E-state index in [-0.39, 0.29) is 36.4 Å². The SMILES string of the molecule is COc1ccc(S(=O)(=O)N2CCC(C(=O)OC(C)C(=O)c3ccc(F)c(F)c3)CC2)cc1. The number of sulfonamides is 1. The maximum Gasteiger partial charge on any atom is 0.309 e. The molecule has 1 fully saturated rings. The molecule has 0 amide bonds. The van der Waals surface area contributed by atoms with E-state index in [2.05, 4.69) is 0 Å². The molecule has 10 heteroatoms. The van der Waals surface area contributed by atoms with Crippen molar-refractivity contribution in [3.8, 4) is 5.75 Å². The molecule has 0 bridgehead atoms. The molecule has 0 radical (unpaired) electrons. The first-order valence-electron chi connectivity index (χ1n) is 9.97. The van der Waals surface area contributed by atoms with E-state index in [1.165, 1.54) is 30.5 Å². The second kappa shape index (κ2) is 9.74. The van der Waals surface area contributed by atoms with Gasteiger partial charge in [-0.1, -0.05) is 0 Å². The number of esters is 1. The summed E-state index contributed by atoms with van der Waals surface area (Å²) in [6.45, 7) is 1.60. The lowest BCUT2D eigenvalue weighted by Gasteiger charge is -2.30. The predicted molar refractivity (Wildman–Crippen MR) is 111 cm³/mol. The van der Waals surface area contributed by atoms with Gasteiger partial charge in [-0.05, 0) is 62.2 Å². The Morgan fingerprint density at radius 3 is 2.22 bits per heavy atom. The highest BCUT2D eigenvalue weighted by Crippen LogP contribution is 2.26. The number of carbonyl (C=O) groups excluding carboxylic acids is 2. The van der Waals surface area contributed by atoms with E-state index in [0.717, 1.165) is 18.2 Å². The largest absolute Gasteiger partial charge is 0.497 e. The second-order valence-corrected chi connectivity index (χ2v) is 9.36. The third kappa shape index (κ3) is 5.13. The van der Waals surface area contributed by atoms with Gasteiger partial charge in [-0.3, -0.25) is 9.59 Å². The number of piperidine rings is 1. The van der Waals surface area contributed by atoms with Gasteiger partial charge in [-0.2, -0.15) is 4.31 Å². The molecular formula is C22H23F2NO6S. The second-order valence-electron chi connectivity index (χ2n) is 7.43. The van der Waals surface area contributed by atoms with E-state index in [9.17, 15) is 26.8 Å². The molecule has 0 N–H and O–H groups in total. The van der Waals surface area contributed by atoms with Gasteiger partial charge in [0.25, 0.3) is 0 Å². The fourth-order valence-electron chi connectivity index (χ4n) is 3.44. The quantitative estimate of drug-likeness (QED) is 0.459. The molecule has 32 heavy (non-hydrogen) atoms. The Morgan fingerprint density at radius 1 is 1.03 bits per heavy atom. The molecule has 2 aromatic carbocycles. The average molecular weight is 467 g/mol. The van der Waals surface area contributed by atoms with Crippen LogP contribution in [0.2, 0.25) is 0 Å². The first kappa shape index (κ1) is 23.8. The van der Waals surface area contributed by atoms with Gasteiger partial charge in [0, 0.05) is 18.7 Å². The van der Waals surface area contributed by atoms with Crippen LogP contribution in [0.15, 0.2) is 47.4 Å². The van der Waals surface area contributed by atoms with Crippen LogP contribution in [0.5, 0.6) is 5.75 Å². The maximum atomic E-state index is 13.4. The fraction of sp³-hybridized carbons (Fsp3) is 0.364. The van der Waals surface area contributed by atoms with Crippen molar-refractivity contribution in [3.63, 3.8) is 0 Å². The van der Waals surface area contributed by atoms with Gasteiger partial charge in [0.2, 0.25) is 15.8 Å². The van der Waals surface area contributed by atoms with Gasteiger partial charge in [0.15, 0.2) is 17.7 Å². The lowest BCUT2D eigenvalue weighted by molar-refractivity contribution is -0.152. The lowest BCUT2D eigenvalue weighted by atomic mass is 9.98. The van der Waals surface area contributed by atoms with E-state index < -0.39 is 45.4 Å². The number of hydrogen-bond donors (Lipinski definition) is 0. The monoisotopic (exact) mass is 467 g/mol. The normalized spacial score (nSPS) is 16.4. The van der Waals surface area contributed by atoms with Crippen LogP contribution in [0.1, 0.15) is 30.1 Å². The third-order valence-corrected chi connectivity index (χ3v) is 7.26. The maximum absolute atomic E-state index is 13.4. The summed E-state index contributed by atoms with van der Waals surface area (Å²) in [4.78, 5) is 25.0. The molecule has 7 nitrogen and oxygen atoms in total. The van der Waals surface area contributed by atoms with E-state index in [4.69, 9.17) is 9.47 Å². The number of ketones is 1. The summed E-state index contributed by atoms with van der Waals surface area (Å²) in [5.41, 5.74) is -0.107. The van der Waals surface area contributed by atoms with Crippen molar-refractivity contribution < 1.29 is 36.3 Å². The van der Waals surface area contributed by atoms with Crippen molar-refractivity contribution in [2.45, 2.75) is 30.8 Å². The highest BCUT2D eigenvalue weighted by molar-refractivity contribution is 7.89. The number of rotatable bonds is 7. The minimum atomic E-state index is -3.71. The van der Waals surface area contributed by atoms with Crippen LogP contribution in [0.4, 0.5) is 8.78 Å². The standard InChI is InChI=1S/C22H23F2NO6S/c1-14(21(26)16-3-8-19(23)20(24)13-16)31-22(27)15-9-11-25(12-10-15)32(28,29)18-6-4-17(30-2)5-7-18/h3-8,13-15H,9-12H2,1-2H3. The Morgan fingerprint density at radius 2 is 1.66 bits per heavy atom. The number of Topliss-reactive ketones (excluding diaryl/α,β-unsaturated/α-hetero) is 1. The molecule has 0 spiro atoms. The molecule has 1 heterocycles. The molecule has 0 saturated carbocycles. The third-order valence-electron chi connectivity index (χ3n) is 5.35. The van der Waals surface area contributed by atoms with E-state index in [1.54, 1.807) is 12.1 Å². The van der Waals surface area contributed by atoms with Crippen LogP contribution < -0.4 is 4.74 Å². The zero-order valence-electron chi connectivity index (χ0n) is 17.6. The smallest absolute Gasteiger partial charge is 0.309 e. The number of methoxy groups -OCH3 is 1. The summed E-state index contributed by atoms with van der Waals surface area (Å²) in [7, 11) is -2.23. The number of carbonyl (C=O) groups is 2. The highest BCUT2D eigenvalue weighted by atomic mass is 32.2. The molecule has 0 aliphatic carbocycles. The van der Waals surface area contributed by atoms with Crippen LogP contribution >= 0.6 is 0 Å². The minimum absolute atomic E-state index is 0.107. The van der Waals surface area contributed by atoms with Crippen LogP contribution in [0.3, 0.4) is 0 Å². The number of ether oxygens (including phenoxy) is 2. The summed E-state index contributed by atoms with van der Waals surface area (Å²) in [5, 5.41) is 0. The van der Waals surface area contributed by atoms with Crippen LogP contribution in [0.25, 0.3) is 0 Å². The van der Waals surface area contributed by atoms with Crippen molar-refractivity contribution in [2.24, 2.45) is 5.92 Å². The number of benzene rings is 2. The average Bonchev–Trinajstić information content (AvgIpc) is 2.80. The topological polar surface area (TPSA) is 90.0 Å². The molecule has 1 unspecified atom stereocenters. The Balaban J connectivity index is 1.57. The summed E-state index contributed by atoms with van der Waals surface area (Å²) < 4.78 is 63.6. The summed E-state index contributed by atoms with van der Waals surface area (Å²) in [5.74, 6) is -3.57. The first-order chi connectivity index (χ1) is 15.1. The van der Waals surface area contributed by atoms with Crippen molar-refractivity contribution in [1.29, 1.82) is 0 Å². The zero-order valence-corrected chi connectivity index (χ0v) is 18.4. The Kier molecular flexibility index (Phi) is 7.25. The van der Waals surface area contributed by atoms with Gasteiger partial charge in [0.1, 0.15) is 5.75 Å². The molecule has 1 aliphatic heterocycles. The van der Waals surface area contributed by atoms with Crippen molar-refractivity contribution in [1.82, 2.24) is 4.31 Å². The summed E-state index contributed by atoms with van der Waals surface area (Å²) in [6.07, 6.45) is -0.714. The minimum Gasteiger partial charge on any atom is -0.497 e. The van der Waals surface area contributed by atoms with E-state index >= 15 is 0 Å². The Bertz CT molecular complexity index is 1100. The fourth-order valence-corrected chi connectivity index (χ4v) is 4.91. The Hall–Kier alpha value is -2.85. The van der Waals surface area contributed by atoms with Crippen molar-refractivity contribution in [2.75, 3.05) is 20.2 Å². The van der Waals surface area contributed by atoms with Gasteiger partial charge in [-0.15, -0.1) is 0 Å². The van der Waals surface area contributed by atoms with E-state index in [0.29, 0.717) is 5.75 Å². The summed E-state index contributed by atoms with van der Waals surface area (Å²) in [6, 6.07) is 8.74. The van der Waals surface area contributed by atoms with Gasteiger partial charge in [0.05, 0.1) is 17.9 Å². The summed E-state index contributed by atoms with van der Waals surface area (Å²) >= 11 is 0. The van der Waals surface area contributed by atoms with Gasteiger partial charge in [-0.25, -0.2) is 17.2 Å². The predicted octanol–water partition coefficient (Wildman–Crippen LogP) is 3.19. The van der Waals surface area contributed by atoms with Crippen LogP contribution in [-0.4, -0.2) is 50.8 Å². The lowest BCUT2D eigenvalue weighted by Crippen LogP contribution is -2.41. The van der Waals surface area contributed by atoms with Crippen LogP contribution in [0, 0.1) is 17.6 Å². The molecule has 3 rings (SSSR count). The molecule has 172 valence electrons. The molecular weight excluding hydrogens is 444 g/mol. The molecule has 0 aromatic heterocycles. The number of halogens is 2. The van der Waals surface area contributed by atoms with Gasteiger partial charge >= 0.3 is 5.97 Å². The van der Waals surface area contributed by atoms with Gasteiger partial charge < -0.3 is 9.47 Å². The van der Waals surface area contributed by atoms with E-state index in [1.807, 2.05) is 0 Å². The van der Waals surface area contributed by atoms with Crippen LogP contribution in [-0.2, 0) is 19.6 Å². The zero-order chi connectivity index (χ0) is 23.5. The molecule has 1 saturated heterocycles. The molecule has 1 aliphatic rings. The Labute approximate surface area is 185 Å². The van der Waals surface area contributed by atoms with Crippen molar-refractivity contribution >= 4 is 21.8 Å². The first-order valence-corrected chi connectivity index (χ1v) is 11.4. The highest BCUT2D eigenvalue weighted by Gasteiger charge is 2.34.